The molecule has 0 atom stereocenters. The molecule has 0 amide bonds. The predicted molar refractivity (Wildman–Crippen MR) is 84.3 cm³/mol. The van der Waals surface area contributed by atoms with Crippen LogP contribution in [0.4, 0.5) is 5.82 Å². The number of aryl methyl sites for hydroxylation is 1. The van der Waals surface area contributed by atoms with Crippen molar-refractivity contribution in [2.45, 2.75) is 6.92 Å². The molecule has 0 radical (unpaired) electrons. The molecule has 0 saturated carbocycles. The Hall–Kier alpha value is -2.13. The number of anilines is 1. The average molecular weight is 284 g/mol. The number of aromatic nitrogens is 2. The van der Waals surface area contributed by atoms with E-state index in [1.54, 1.807) is 0 Å². The van der Waals surface area contributed by atoms with E-state index in [1.807, 2.05) is 37.4 Å². The first kappa shape index (κ1) is 12.9. The summed E-state index contributed by atoms with van der Waals surface area (Å²) >= 11 is 6.04. The molecule has 0 bridgehead atoms. The quantitative estimate of drug-likeness (QED) is 0.762. The highest BCUT2D eigenvalue weighted by molar-refractivity contribution is 6.30. The summed E-state index contributed by atoms with van der Waals surface area (Å²) in [6.07, 6.45) is 0. The van der Waals surface area contributed by atoms with E-state index < -0.39 is 0 Å². The molecule has 20 heavy (non-hydrogen) atoms. The molecule has 0 spiro atoms. The Morgan fingerprint density at radius 2 is 1.90 bits per heavy atom. The molecule has 0 fully saturated rings. The minimum absolute atomic E-state index is 0.674. The van der Waals surface area contributed by atoms with E-state index in [0.717, 1.165) is 22.3 Å². The van der Waals surface area contributed by atoms with E-state index in [2.05, 4.69) is 34.3 Å². The highest BCUT2D eigenvalue weighted by Crippen LogP contribution is 2.26. The lowest BCUT2D eigenvalue weighted by Gasteiger charge is -2.09. The molecule has 1 heterocycles. The maximum atomic E-state index is 6.04. The number of benzene rings is 2. The first-order chi connectivity index (χ1) is 9.67. The Kier molecular flexibility index (Phi) is 3.28. The lowest BCUT2D eigenvalue weighted by Crippen LogP contribution is -1.99. The lowest BCUT2D eigenvalue weighted by molar-refractivity contribution is 1.21. The predicted octanol–water partition coefficient (Wildman–Crippen LogP) is 4.30. The normalized spacial score (nSPS) is 10.8. The van der Waals surface area contributed by atoms with Gasteiger partial charge >= 0.3 is 0 Å². The average Bonchev–Trinajstić information content (AvgIpc) is 2.46. The van der Waals surface area contributed by atoms with Crippen molar-refractivity contribution in [2.24, 2.45) is 0 Å². The van der Waals surface area contributed by atoms with Crippen LogP contribution in [0.1, 0.15) is 5.56 Å². The van der Waals surface area contributed by atoms with E-state index in [1.165, 1.54) is 5.56 Å². The molecule has 4 heteroatoms. The maximum absolute atomic E-state index is 6.04. The summed E-state index contributed by atoms with van der Waals surface area (Å²) in [5.41, 5.74) is 3.02. The topological polar surface area (TPSA) is 37.8 Å². The van der Waals surface area contributed by atoms with Gasteiger partial charge in [-0.2, -0.15) is 0 Å². The Balaban J connectivity index is 2.25. The highest BCUT2D eigenvalue weighted by Gasteiger charge is 2.09. The van der Waals surface area contributed by atoms with E-state index in [0.29, 0.717) is 10.8 Å². The van der Waals surface area contributed by atoms with Crippen molar-refractivity contribution in [1.29, 1.82) is 0 Å². The van der Waals surface area contributed by atoms with Crippen molar-refractivity contribution in [3.05, 3.63) is 53.1 Å². The summed E-state index contributed by atoms with van der Waals surface area (Å²) in [6.45, 7) is 2.06. The molecular formula is C16H14ClN3. The largest absolute Gasteiger partial charge is 0.373 e. The Bertz CT molecular complexity index is 784. The molecular weight excluding hydrogens is 270 g/mol. The molecule has 0 aliphatic carbocycles. The lowest BCUT2D eigenvalue weighted by atomic mass is 10.1. The molecule has 100 valence electrons. The van der Waals surface area contributed by atoms with Gasteiger partial charge < -0.3 is 5.32 Å². The van der Waals surface area contributed by atoms with Gasteiger partial charge in [0.1, 0.15) is 5.82 Å². The van der Waals surface area contributed by atoms with Crippen LogP contribution in [0.15, 0.2) is 42.5 Å². The fourth-order valence-corrected chi connectivity index (χ4v) is 2.38. The monoisotopic (exact) mass is 283 g/mol. The maximum Gasteiger partial charge on any atom is 0.162 e. The summed E-state index contributed by atoms with van der Waals surface area (Å²) in [6, 6.07) is 13.7. The minimum atomic E-state index is 0.674. The molecule has 0 aliphatic rings. The van der Waals surface area contributed by atoms with Crippen LogP contribution in [0.2, 0.25) is 5.02 Å². The fraction of sp³-hybridized carbons (Fsp3) is 0.125. The zero-order valence-electron chi connectivity index (χ0n) is 11.3. The van der Waals surface area contributed by atoms with Crippen LogP contribution in [0.5, 0.6) is 0 Å². The molecule has 0 saturated heterocycles. The van der Waals surface area contributed by atoms with Crippen LogP contribution in [0.3, 0.4) is 0 Å². The van der Waals surface area contributed by atoms with Crippen molar-refractivity contribution < 1.29 is 0 Å². The summed E-state index contributed by atoms with van der Waals surface area (Å²) in [4.78, 5) is 9.22. The Labute approximate surface area is 122 Å². The Morgan fingerprint density at radius 3 is 2.65 bits per heavy atom. The summed E-state index contributed by atoms with van der Waals surface area (Å²) in [5.74, 6) is 1.50. The van der Waals surface area contributed by atoms with Crippen LogP contribution in [0, 0.1) is 6.92 Å². The second-order valence-electron chi connectivity index (χ2n) is 4.68. The van der Waals surface area contributed by atoms with Crippen LogP contribution in [-0.2, 0) is 0 Å². The van der Waals surface area contributed by atoms with Gasteiger partial charge in [-0.25, -0.2) is 9.97 Å². The number of nitrogens with one attached hydrogen (secondary N) is 1. The summed E-state index contributed by atoms with van der Waals surface area (Å²) in [5, 5.41) is 4.85. The van der Waals surface area contributed by atoms with Crippen LogP contribution in [0.25, 0.3) is 22.3 Å². The van der Waals surface area contributed by atoms with Crippen molar-refractivity contribution in [1.82, 2.24) is 9.97 Å². The second kappa shape index (κ2) is 5.10. The molecule has 1 N–H and O–H groups in total. The molecule has 3 aromatic rings. The minimum Gasteiger partial charge on any atom is -0.373 e. The van der Waals surface area contributed by atoms with Crippen LogP contribution >= 0.6 is 11.6 Å². The van der Waals surface area contributed by atoms with E-state index in [-0.39, 0.29) is 0 Å². The van der Waals surface area contributed by atoms with Crippen LogP contribution < -0.4 is 5.32 Å². The summed E-state index contributed by atoms with van der Waals surface area (Å²) < 4.78 is 0. The number of halogens is 1. The van der Waals surface area contributed by atoms with Gasteiger partial charge in [-0.05, 0) is 31.2 Å². The van der Waals surface area contributed by atoms with Crippen LogP contribution in [-0.4, -0.2) is 17.0 Å². The van der Waals surface area contributed by atoms with Gasteiger partial charge in [-0.15, -0.1) is 0 Å². The number of hydrogen-bond donors (Lipinski definition) is 1. The molecule has 1 aromatic heterocycles. The highest BCUT2D eigenvalue weighted by atomic mass is 35.5. The van der Waals surface area contributed by atoms with Gasteiger partial charge in [-0.3, -0.25) is 0 Å². The summed E-state index contributed by atoms with van der Waals surface area (Å²) in [7, 11) is 1.87. The molecule has 3 rings (SSSR count). The molecule has 3 nitrogen and oxygen atoms in total. The third kappa shape index (κ3) is 2.32. The third-order valence-electron chi connectivity index (χ3n) is 3.17. The molecule has 0 unspecified atom stereocenters. The zero-order valence-corrected chi connectivity index (χ0v) is 12.1. The van der Waals surface area contributed by atoms with Crippen molar-refractivity contribution in [3.63, 3.8) is 0 Å². The van der Waals surface area contributed by atoms with E-state index in [4.69, 9.17) is 11.6 Å². The first-order valence-corrected chi connectivity index (χ1v) is 6.77. The number of nitrogens with zero attached hydrogens (tertiary/aromatic N) is 2. The number of rotatable bonds is 2. The van der Waals surface area contributed by atoms with E-state index in [9.17, 15) is 0 Å². The second-order valence-corrected chi connectivity index (χ2v) is 5.11. The van der Waals surface area contributed by atoms with Crippen molar-refractivity contribution >= 4 is 28.3 Å². The van der Waals surface area contributed by atoms with Gasteiger partial charge in [0, 0.05) is 23.0 Å². The first-order valence-electron chi connectivity index (χ1n) is 6.39. The fourth-order valence-electron chi connectivity index (χ4n) is 2.19. The standard InChI is InChI=1S/C16H14ClN3/c1-10-6-7-14-13(8-10)16(18-2)20-15(19-14)11-4-3-5-12(17)9-11/h3-9H,1-2H3,(H,18,19,20). The van der Waals surface area contributed by atoms with Gasteiger partial charge in [0.2, 0.25) is 0 Å². The van der Waals surface area contributed by atoms with Crippen molar-refractivity contribution in [2.75, 3.05) is 12.4 Å². The number of fused-ring (bicyclic) bond motifs is 1. The van der Waals surface area contributed by atoms with Gasteiger partial charge in [0.15, 0.2) is 5.82 Å². The van der Waals surface area contributed by atoms with Crippen molar-refractivity contribution in [3.8, 4) is 11.4 Å². The molecule has 2 aromatic carbocycles. The van der Waals surface area contributed by atoms with Gasteiger partial charge in [0.05, 0.1) is 5.52 Å². The Morgan fingerprint density at radius 1 is 1.05 bits per heavy atom. The smallest absolute Gasteiger partial charge is 0.162 e. The SMILES string of the molecule is CNc1nc(-c2cccc(Cl)c2)nc2ccc(C)cc12. The van der Waals surface area contributed by atoms with Gasteiger partial charge in [-0.1, -0.05) is 35.4 Å². The molecule has 0 aliphatic heterocycles. The third-order valence-corrected chi connectivity index (χ3v) is 3.41. The van der Waals surface area contributed by atoms with E-state index >= 15 is 0 Å². The number of hydrogen-bond acceptors (Lipinski definition) is 3. The zero-order chi connectivity index (χ0) is 14.1. The van der Waals surface area contributed by atoms with Gasteiger partial charge in [0.25, 0.3) is 0 Å².